The maximum Gasteiger partial charge on any atom is 0.227 e. The SMILES string of the molecule is O=C(Cc1cccs1)N1CCS(=O)(=O)C(c2ccccc2)C1. The van der Waals surface area contributed by atoms with Crippen molar-refractivity contribution in [2.75, 3.05) is 18.8 Å². The standard InChI is InChI=1S/C16H17NO3S2/c18-16(11-14-7-4-9-21-14)17-8-10-22(19,20)15(12-17)13-5-2-1-3-6-13/h1-7,9,15H,8,10-12H2. The number of rotatable bonds is 3. The van der Waals surface area contributed by atoms with E-state index in [2.05, 4.69) is 0 Å². The summed E-state index contributed by atoms with van der Waals surface area (Å²) < 4.78 is 24.7. The molecule has 1 fully saturated rings. The number of thiophene rings is 1. The van der Waals surface area contributed by atoms with Crippen LogP contribution in [0.5, 0.6) is 0 Å². The lowest BCUT2D eigenvalue weighted by Crippen LogP contribution is -2.45. The lowest BCUT2D eigenvalue weighted by molar-refractivity contribution is -0.130. The van der Waals surface area contributed by atoms with Gasteiger partial charge >= 0.3 is 0 Å². The zero-order chi connectivity index (χ0) is 15.6. The molecule has 22 heavy (non-hydrogen) atoms. The second-order valence-electron chi connectivity index (χ2n) is 5.36. The van der Waals surface area contributed by atoms with Gasteiger partial charge in [0, 0.05) is 18.0 Å². The number of nitrogens with zero attached hydrogens (tertiary/aromatic N) is 1. The van der Waals surface area contributed by atoms with Crippen LogP contribution in [0, 0.1) is 0 Å². The minimum absolute atomic E-state index is 0.00159. The molecule has 0 radical (unpaired) electrons. The van der Waals surface area contributed by atoms with Crippen molar-refractivity contribution in [2.45, 2.75) is 11.7 Å². The largest absolute Gasteiger partial charge is 0.340 e. The molecular formula is C16H17NO3S2. The van der Waals surface area contributed by atoms with E-state index in [1.54, 1.807) is 16.2 Å². The molecule has 4 nitrogen and oxygen atoms in total. The minimum atomic E-state index is -3.20. The van der Waals surface area contributed by atoms with Crippen LogP contribution in [0.2, 0.25) is 0 Å². The second kappa shape index (κ2) is 6.22. The molecule has 1 aliphatic heterocycles. The van der Waals surface area contributed by atoms with Crippen LogP contribution < -0.4 is 0 Å². The van der Waals surface area contributed by atoms with E-state index in [4.69, 9.17) is 0 Å². The first kappa shape index (κ1) is 15.2. The molecule has 1 unspecified atom stereocenters. The van der Waals surface area contributed by atoms with Crippen molar-refractivity contribution in [2.24, 2.45) is 0 Å². The first-order valence-corrected chi connectivity index (χ1v) is 9.72. The van der Waals surface area contributed by atoms with Crippen molar-refractivity contribution < 1.29 is 13.2 Å². The topological polar surface area (TPSA) is 54.5 Å². The quantitative estimate of drug-likeness (QED) is 0.865. The highest BCUT2D eigenvalue weighted by Crippen LogP contribution is 2.28. The van der Waals surface area contributed by atoms with Crippen molar-refractivity contribution >= 4 is 27.1 Å². The van der Waals surface area contributed by atoms with Crippen LogP contribution in [-0.2, 0) is 21.1 Å². The summed E-state index contributed by atoms with van der Waals surface area (Å²) in [5.74, 6) is 0.0289. The fourth-order valence-corrected chi connectivity index (χ4v) is 5.10. The highest BCUT2D eigenvalue weighted by molar-refractivity contribution is 7.91. The molecule has 1 aromatic heterocycles. The number of amides is 1. The van der Waals surface area contributed by atoms with Gasteiger partial charge in [0.05, 0.1) is 12.2 Å². The van der Waals surface area contributed by atoms with E-state index in [0.29, 0.717) is 6.42 Å². The number of sulfone groups is 1. The van der Waals surface area contributed by atoms with Gasteiger partial charge in [0.1, 0.15) is 5.25 Å². The average molecular weight is 335 g/mol. The number of hydrogen-bond acceptors (Lipinski definition) is 4. The van der Waals surface area contributed by atoms with Crippen molar-refractivity contribution in [1.29, 1.82) is 0 Å². The molecule has 0 N–H and O–H groups in total. The molecule has 0 saturated carbocycles. The fourth-order valence-electron chi connectivity index (χ4n) is 2.67. The minimum Gasteiger partial charge on any atom is -0.340 e. The Bertz CT molecular complexity index is 739. The molecule has 116 valence electrons. The molecule has 1 saturated heterocycles. The van der Waals surface area contributed by atoms with Crippen molar-refractivity contribution in [3.8, 4) is 0 Å². The van der Waals surface area contributed by atoms with Crippen LogP contribution in [0.3, 0.4) is 0 Å². The van der Waals surface area contributed by atoms with Crippen molar-refractivity contribution in [3.05, 3.63) is 58.3 Å². The third-order valence-electron chi connectivity index (χ3n) is 3.90. The Balaban J connectivity index is 1.77. The summed E-state index contributed by atoms with van der Waals surface area (Å²) in [6.45, 7) is 0.534. The molecular weight excluding hydrogens is 318 g/mol. The monoisotopic (exact) mass is 335 g/mol. The predicted octanol–water partition coefficient (Wildman–Crippen LogP) is 2.29. The van der Waals surface area contributed by atoms with Crippen LogP contribution in [0.4, 0.5) is 0 Å². The van der Waals surface area contributed by atoms with E-state index in [0.717, 1.165) is 10.4 Å². The fraction of sp³-hybridized carbons (Fsp3) is 0.312. The van der Waals surface area contributed by atoms with E-state index in [-0.39, 0.29) is 24.7 Å². The van der Waals surface area contributed by atoms with Crippen LogP contribution in [-0.4, -0.2) is 38.1 Å². The Hall–Kier alpha value is -1.66. The van der Waals surface area contributed by atoms with Gasteiger partial charge in [-0.25, -0.2) is 8.42 Å². The molecule has 0 bridgehead atoms. The Morgan fingerprint density at radius 1 is 1.18 bits per heavy atom. The summed E-state index contributed by atoms with van der Waals surface area (Å²) in [5, 5.41) is 1.32. The maximum absolute atomic E-state index is 12.4. The first-order valence-electron chi connectivity index (χ1n) is 7.13. The molecule has 3 rings (SSSR count). The van der Waals surface area contributed by atoms with Gasteiger partial charge < -0.3 is 4.90 Å². The number of benzene rings is 1. The maximum atomic E-state index is 12.4. The second-order valence-corrected chi connectivity index (χ2v) is 8.70. The Kier molecular flexibility index (Phi) is 4.31. The summed E-state index contributed by atoms with van der Waals surface area (Å²) in [6.07, 6.45) is 0.346. The number of carbonyl (C=O) groups excluding carboxylic acids is 1. The zero-order valence-electron chi connectivity index (χ0n) is 12.0. The van der Waals surface area contributed by atoms with Gasteiger partial charge in [-0.05, 0) is 17.0 Å². The Morgan fingerprint density at radius 3 is 2.64 bits per heavy atom. The third kappa shape index (κ3) is 3.23. The summed E-state index contributed by atoms with van der Waals surface area (Å²) in [4.78, 5) is 15.1. The van der Waals surface area contributed by atoms with E-state index in [1.165, 1.54) is 0 Å². The van der Waals surface area contributed by atoms with Crippen molar-refractivity contribution in [1.82, 2.24) is 4.90 Å². The van der Waals surface area contributed by atoms with E-state index in [9.17, 15) is 13.2 Å². The molecule has 1 atom stereocenters. The van der Waals surface area contributed by atoms with Gasteiger partial charge in [-0.15, -0.1) is 11.3 Å². The molecule has 1 aliphatic rings. The molecule has 1 amide bonds. The van der Waals surface area contributed by atoms with Gasteiger partial charge in [0.2, 0.25) is 5.91 Å². The summed E-state index contributed by atoms with van der Waals surface area (Å²) >= 11 is 1.55. The van der Waals surface area contributed by atoms with Crippen LogP contribution in [0.25, 0.3) is 0 Å². The number of hydrogen-bond donors (Lipinski definition) is 0. The lowest BCUT2D eigenvalue weighted by Gasteiger charge is -2.33. The molecule has 0 aliphatic carbocycles. The first-order chi connectivity index (χ1) is 10.6. The molecule has 6 heteroatoms. The Morgan fingerprint density at radius 2 is 1.95 bits per heavy atom. The van der Waals surface area contributed by atoms with Gasteiger partial charge in [0.15, 0.2) is 9.84 Å². The van der Waals surface area contributed by atoms with E-state index in [1.807, 2.05) is 47.8 Å². The van der Waals surface area contributed by atoms with Gasteiger partial charge in [-0.2, -0.15) is 0 Å². The van der Waals surface area contributed by atoms with Crippen LogP contribution in [0.1, 0.15) is 15.7 Å². The summed E-state index contributed by atoms with van der Waals surface area (Å²) in [7, 11) is -3.20. The van der Waals surface area contributed by atoms with Crippen LogP contribution >= 0.6 is 11.3 Å². The normalized spacial score (nSPS) is 20.7. The number of carbonyl (C=O) groups is 1. The van der Waals surface area contributed by atoms with Gasteiger partial charge in [0.25, 0.3) is 0 Å². The van der Waals surface area contributed by atoms with Gasteiger partial charge in [-0.1, -0.05) is 36.4 Å². The lowest BCUT2D eigenvalue weighted by atomic mass is 10.1. The molecule has 0 spiro atoms. The average Bonchev–Trinajstić information content (AvgIpc) is 3.00. The molecule has 2 aromatic rings. The van der Waals surface area contributed by atoms with E-state index < -0.39 is 15.1 Å². The highest BCUT2D eigenvalue weighted by Gasteiger charge is 2.35. The Labute approximate surface area is 134 Å². The zero-order valence-corrected chi connectivity index (χ0v) is 13.6. The molecule has 2 heterocycles. The smallest absolute Gasteiger partial charge is 0.227 e. The highest BCUT2D eigenvalue weighted by atomic mass is 32.2. The van der Waals surface area contributed by atoms with Gasteiger partial charge in [-0.3, -0.25) is 4.79 Å². The summed E-state index contributed by atoms with van der Waals surface area (Å²) in [5.41, 5.74) is 0.760. The third-order valence-corrected chi connectivity index (χ3v) is 6.81. The van der Waals surface area contributed by atoms with Crippen molar-refractivity contribution in [3.63, 3.8) is 0 Å². The molecule has 1 aromatic carbocycles. The van der Waals surface area contributed by atoms with Crippen LogP contribution in [0.15, 0.2) is 47.8 Å². The predicted molar refractivity (Wildman–Crippen MR) is 87.6 cm³/mol. The van der Waals surface area contributed by atoms with E-state index >= 15 is 0 Å². The summed E-state index contributed by atoms with van der Waals surface area (Å²) in [6, 6.07) is 13.0.